The van der Waals surface area contributed by atoms with E-state index in [1.165, 1.54) is 43.5 Å². The highest BCUT2D eigenvalue weighted by atomic mass is 16.5. The Hall–Kier alpha value is -1.59. The van der Waals surface area contributed by atoms with Crippen LogP contribution in [0.15, 0.2) is 29.3 Å². The van der Waals surface area contributed by atoms with Crippen LogP contribution in [0.2, 0.25) is 0 Å². The SMILES string of the molecule is CCNC(=NCc1ccc(COC)cc1)NCCCN1CCCCC1C. The minimum Gasteiger partial charge on any atom is -0.380 e. The fourth-order valence-corrected chi connectivity index (χ4v) is 3.40. The molecule has 1 aromatic rings. The Morgan fingerprint density at radius 2 is 1.96 bits per heavy atom. The van der Waals surface area contributed by atoms with Gasteiger partial charge in [-0.1, -0.05) is 30.7 Å². The molecule has 1 aromatic carbocycles. The van der Waals surface area contributed by atoms with Crippen LogP contribution in [0.5, 0.6) is 0 Å². The van der Waals surface area contributed by atoms with Gasteiger partial charge in [-0.15, -0.1) is 0 Å². The van der Waals surface area contributed by atoms with Crippen molar-refractivity contribution in [3.8, 4) is 0 Å². The van der Waals surface area contributed by atoms with Crippen molar-refractivity contribution >= 4 is 5.96 Å². The Bertz CT molecular complexity index is 529. The van der Waals surface area contributed by atoms with E-state index < -0.39 is 0 Å². The third-order valence-corrected chi connectivity index (χ3v) is 4.95. The highest BCUT2D eigenvalue weighted by Crippen LogP contribution is 2.16. The van der Waals surface area contributed by atoms with Crippen molar-refractivity contribution in [1.29, 1.82) is 0 Å². The van der Waals surface area contributed by atoms with Crippen LogP contribution in [-0.2, 0) is 17.9 Å². The molecule has 0 radical (unpaired) electrons. The Labute approximate surface area is 159 Å². The van der Waals surface area contributed by atoms with Crippen LogP contribution >= 0.6 is 0 Å². The molecule has 1 aliphatic rings. The maximum Gasteiger partial charge on any atom is 0.191 e. The molecule has 5 heteroatoms. The second-order valence-corrected chi connectivity index (χ2v) is 7.11. The van der Waals surface area contributed by atoms with Crippen LogP contribution in [0, 0.1) is 0 Å². The first kappa shape index (κ1) is 20.7. The molecule has 0 aromatic heterocycles. The van der Waals surface area contributed by atoms with Crippen molar-refractivity contribution in [2.75, 3.05) is 33.3 Å². The van der Waals surface area contributed by atoms with Crippen molar-refractivity contribution in [2.45, 2.75) is 58.7 Å². The Kier molecular flexibility index (Phi) is 9.50. The summed E-state index contributed by atoms with van der Waals surface area (Å²) < 4.78 is 5.15. The van der Waals surface area contributed by atoms with Crippen LogP contribution < -0.4 is 10.6 Å². The second kappa shape index (κ2) is 11.9. The van der Waals surface area contributed by atoms with Gasteiger partial charge >= 0.3 is 0 Å². The van der Waals surface area contributed by atoms with Crippen LogP contribution in [0.4, 0.5) is 0 Å². The number of aliphatic imine (C=N–C) groups is 1. The number of piperidine rings is 1. The van der Waals surface area contributed by atoms with Gasteiger partial charge in [0.25, 0.3) is 0 Å². The van der Waals surface area contributed by atoms with E-state index in [9.17, 15) is 0 Å². The second-order valence-electron chi connectivity index (χ2n) is 7.11. The zero-order valence-electron chi connectivity index (χ0n) is 16.8. The minimum atomic E-state index is 0.656. The molecular formula is C21H36N4O. The number of benzene rings is 1. The lowest BCUT2D eigenvalue weighted by Crippen LogP contribution is -2.41. The number of nitrogens with zero attached hydrogens (tertiary/aromatic N) is 2. The Morgan fingerprint density at radius 1 is 1.19 bits per heavy atom. The molecule has 1 heterocycles. The largest absolute Gasteiger partial charge is 0.380 e. The molecule has 5 nitrogen and oxygen atoms in total. The summed E-state index contributed by atoms with van der Waals surface area (Å²) in [6.45, 7) is 10.1. The van der Waals surface area contributed by atoms with E-state index in [-0.39, 0.29) is 0 Å². The summed E-state index contributed by atoms with van der Waals surface area (Å²) >= 11 is 0. The summed E-state index contributed by atoms with van der Waals surface area (Å²) in [6, 6.07) is 9.20. The number of guanidine groups is 1. The molecule has 0 bridgehead atoms. The van der Waals surface area contributed by atoms with Crippen molar-refractivity contribution < 1.29 is 4.74 Å². The van der Waals surface area contributed by atoms with Gasteiger partial charge in [0.2, 0.25) is 0 Å². The number of ether oxygens (including phenoxy) is 1. The normalized spacial score (nSPS) is 18.7. The van der Waals surface area contributed by atoms with Gasteiger partial charge in [-0.2, -0.15) is 0 Å². The van der Waals surface area contributed by atoms with Crippen LogP contribution in [0.1, 0.15) is 50.7 Å². The summed E-state index contributed by atoms with van der Waals surface area (Å²) in [4.78, 5) is 7.33. The molecule has 1 aliphatic heterocycles. The zero-order valence-corrected chi connectivity index (χ0v) is 16.8. The third-order valence-electron chi connectivity index (χ3n) is 4.95. The number of hydrogen-bond acceptors (Lipinski definition) is 3. The van der Waals surface area contributed by atoms with Crippen molar-refractivity contribution in [2.24, 2.45) is 4.99 Å². The first-order chi connectivity index (χ1) is 12.7. The lowest BCUT2D eigenvalue weighted by atomic mass is 10.0. The smallest absolute Gasteiger partial charge is 0.191 e. The summed E-state index contributed by atoms with van der Waals surface area (Å²) in [6.07, 6.45) is 5.24. The first-order valence-corrected chi connectivity index (χ1v) is 10.1. The standard InChI is InChI=1S/C21H36N4O/c1-4-22-21(23-13-7-15-25-14-6-5-8-18(25)2)24-16-19-9-11-20(12-10-19)17-26-3/h9-12,18H,4-8,13-17H2,1-3H3,(H2,22,23,24). The van der Waals surface area contributed by atoms with Crippen molar-refractivity contribution in [3.63, 3.8) is 0 Å². The van der Waals surface area contributed by atoms with Gasteiger partial charge in [-0.25, -0.2) is 4.99 Å². The van der Waals surface area contributed by atoms with E-state index in [0.717, 1.165) is 31.5 Å². The van der Waals surface area contributed by atoms with E-state index in [2.05, 4.69) is 53.6 Å². The molecule has 1 unspecified atom stereocenters. The molecule has 2 rings (SSSR count). The van der Waals surface area contributed by atoms with Gasteiger partial charge in [0, 0.05) is 32.8 Å². The van der Waals surface area contributed by atoms with Crippen LogP contribution in [-0.4, -0.2) is 50.2 Å². The zero-order chi connectivity index (χ0) is 18.6. The Balaban J connectivity index is 1.75. The summed E-state index contributed by atoms with van der Waals surface area (Å²) in [7, 11) is 1.72. The predicted octanol–water partition coefficient (Wildman–Crippen LogP) is 3.15. The predicted molar refractivity (Wildman–Crippen MR) is 109 cm³/mol. The molecule has 2 N–H and O–H groups in total. The molecule has 26 heavy (non-hydrogen) atoms. The first-order valence-electron chi connectivity index (χ1n) is 10.1. The van der Waals surface area contributed by atoms with E-state index in [0.29, 0.717) is 13.2 Å². The topological polar surface area (TPSA) is 48.9 Å². The number of hydrogen-bond donors (Lipinski definition) is 2. The summed E-state index contributed by atoms with van der Waals surface area (Å²) in [5.74, 6) is 0.903. The third kappa shape index (κ3) is 7.34. The average molecular weight is 361 g/mol. The molecule has 0 spiro atoms. The van der Waals surface area contributed by atoms with E-state index in [4.69, 9.17) is 9.73 Å². The molecule has 1 fully saturated rings. The van der Waals surface area contributed by atoms with Crippen molar-refractivity contribution in [1.82, 2.24) is 15.5 Å². The summed E-state index contributed by atoms with van der Waals surface area (Å²) in [5, 5.41) is 6.81. The average Bonchev–Trinajstić information content (AvgIpc) is 2.66. The maximum absolute atomic E-state index is 5.15. The highest BCUT2D eigenvalue weighted by molar-refractivity contribution is 5.79. The minimum absolute atomic E-state index is 0.656. The van der Waals surface area contributed by atoms with Gasteiger partial charge in [-0.3, -0.25) is 0 Å². The van der Waals surface area contributed by atoms with Gasteiger partial charge in [0.05, 0.1) is 13.2 Å². The van der Waals surface area contributed by atoms with Gasteiger partial charge < -0.3 is 20.3 Å². The van der Waals surface area contributed by atoms with Crippen molar-refractivity contribution in [3.05, 3.63) is 35.4 Å². The van der Waals surface area contributed by atoms with Gasteiger partial charge in [0.15, 0.2) is 5.96 Å². The molecule has 1 atom stereocenters. The number of rotatable bonds is 9. The molecular weight excluding hydrogens is 324 g/mol. The van der Waals surface area contributed by atoms with Gasteiger partial charge in [-0.05, 0) is 50.8 Å². The van der Waals surface area contributed by atoms with E-state index in [1.54, 1.807) is 7.11 Å². The number of likely N-dealkylation sites (tertiary alicyclic amines) is 1. The quantitative estimate of drug-likeness (QED) is 0.403. The monoisotopic (exact) mass is 360 g/mol. The Morgan fingerprint density at radius 3 is 2.65 bits per heavy atom. The fourth-order valence-electron chi connectivity index (χ4n) is 3.40. The highest BCUT2D eigenvalue weighted by Gasteiger charge is 2.17. The molecule has 146 valence electrons. The van der Waals surface area contributed by atoms with E-state index in [1.807, 2.05) is 0 Å². The molecule has 0 aliphatic carbocycles. The van der Waals surface area contributed by atoms with E-state index >= 15 is 0 Å². The molecule has 0 amide bonds. The molecule has 0 saturated carbocycles. The lowest BCUT2D eigenvalue weighted by molar-refractivity contribution is 0.159. The fraction of sp³-hybridized carbons (Fsp3) is 0.667. The lowest BCUT2D eigenvalue weighted by Gasteiger charge is -2.33. The van der Waals surface area contributed by atoms with Crippen LogP contribution in [0.25, 0.3) is 0 Å². The maximum atomic E-state index is 5.15. The number of methoxy groups -OCH3 is 1. The number of nitrogens with one attached hydrogen (secondary N) is 2. The molecule has 1 saturated heterocycles. The van der Waals surface area contributed by atoms with Crippen LogP contribution in [0.3, 0.4) is 0 Å². The summed E-state index contributed by atoms with van der Waals surface area (Å²) in [5.41, 5.74) is 2.40. The van der Waals surface area contributed by atoms with Gasteiger partial charge in [0.1, 0.15) is 0 Å².